The van der Waals surface area contributed by atoms with Crippen molar-refractivity contribution in [1.29, 1.82) is 0 Å². The number of carbonyl (C=O) groups excluding carboxylic acids is 1. The molecule has 1 rings (SSSR count). The van der Waals surface area contributed by atoms with Gasteiger partial charge < -0.3 is 4.90 Å². The third-order valence-electron chi connectivity index (χ3n) is 2.60. The first-order chi connectivity index (χ1) is 8.72. The number of amides is 1. The maximum atomic E-state index is 12.1. The predicted molar refractivity (Wildman–Crippen MR) is 75.1 cm³/mol. The van der Waals surface area contributed by atoms with Crippen molar-refractivity contribution < 1.29 is 13.2 Å². The monoisotopic (exact) mass is 324 g/mol. The molecule has 0 heterocycles. The Bertz CT molecular complexity index is 598. The Balaban J connectivity index is 3.40. The van der Waals surface area contributed by atoms with Gasteiger partial charge in [0.1, 0.15) is 4.90 Å². The van der Waals surface area contributed by atoms with Crippen LogP contribution in [-0.4, -0.2) is 32.3 Å². The van der Waals surface area contributed by atoms with Crippen molar-refractivity contribution >= 4 is 39.1 Å². The largest absolute Gasteiger partial charge is 0.339 e. The molecule has 19 heavy (non-hydrogen) atoms. The van der Waals surface area contributed by atoms with E-state index in [9.17, 15) is 13.2 Å². The number of halogens is 2. The number of sulfonamides is 1. The molecular weight excluding hydrogens is 311 g/mol. The van der Waals surface area contributed by atoms with Crippen LogP contribution in [0.25, 0.3) is 0 Å². The van der Waals surface area contributed by atoms with Crippen molar-refractivity contribution in [2.75, 3.05) is 13.1 Å². The van der Waals surface area contributed by atoms with Gasteiger partial charge >= 0.3 is 0 Å². The van der Waals surface area contributed by atoms with Crippen molar-refractivity contribution in [3.05, 3.63) is 27.7 Å². The molecule has 0 atom stereocenters. The summed E-state index contributed by atoms with van der Waals surface area (Å²) >= 11 is 11.6. The van der Waals surface area contributed by atoms with E-state index in [0.717, 1.165) is 6.07 Å². The molecule has 5 nitrogen and oxygen atoms in total. The lowest BCUT2D eigenvalue weighted by atomic mass is 10.2. The molecule has 8 heteroatoms. The molecule has 0 spiro atoms. The highest BCUT2D eigenvalue weighted by molar-refractivity contribution is 7.89. The summed E-state index contributed by atoms with van der Waals surface area (Å²) in [5.41, 5.74) is 0.141. The number of primary sulfonamides is 1. The quantitative estimate of drug-likeness (QED) is 0.921. The van der Waals surface area contributed by atoms with Crippen molar-refractivity contribution in [3.63, 3.8) is 0 Å². The van der Waals surface area contributed by atoms with Crippen molar-refractivity contribution in [1.82, 2.24) is 4.90 Å². The molecule has 106 valence electrons. The minimum absolute atomic E-state index is 0.0244. The van der Waals surface area contributed by atoms with Crippen molar-refractivity contribution in [3.8, 4) is 0 Å². The SMILES string of the molecule is CCN(CC)C(=O)c1cc(Cl)c(Cl)c(S(N)(=O)=O)c1. The number of rotatable bonds is 4. The lowest BCUT2D eigenvalue weighted by molar-refractivity contribution is 0.0773. The molecule has 0 unspecified atom stereocenters. The van der Waals surface area contributed by atoms with Gasteiger partial charge in [-0.05, 0) is 26.0 Å². The van der Waals surface area contributed by atoms with Gasteiger partial charge in [-0.1, -0.05) is 23.2 Å². The van der Waals surface area contributed by atoms with E-state index in [4.69, 9.17) is 28.3 Å². The van der Waals surface area contributed by atoms with Crippen LogP contribution in [0.2, 0.25) is 10.0 Å². The molecule has 0 aliphatic rings. The minimum atomic E-state index is -4.04. The first kappa shape index (κ1) is 16.2. The Morgan fingerprint density at radius 2 is 1.79 bits per heavy atom. The summed E-state index contributed by atoms with van der Waals surface area (Å²) in [6, 6.07) is 2.48. The van der Waals surface area contributed by atoms with Crippen molar-refractivity contribution in [2.24, 2.45) is 5.14 Å². The minimum Gasteiger partial charge on any atom is -0.339 e. The molecule has 0 aliphatic heterocycles. The smallest absolute Gasteiger partial charge is 0.253 e. The summed E-state index contributed by atoms with van der Waals surface area (Å²) in [5.74, 6) is -0.325. The lowest BCUT2D eigenvalue weighted by Gasteiger charge is -2.19. The van der Waals surface area contributed by atoms with Crippen LogP contribution < -0.4 is 5.14 Å². The number of hydrogen-bond acceptors (Lipinski definition) is 3. The Labute approximate surface area is 122 Å². The molecule has 0 fully saturated rings. The second-order valence-corrected chi connectivity index (χ2v) is 6.11. The first-order valence-corrected chi connectivity index (χ1v) is 7.83. The molecular formula is C11H14Cl2N2O3S. The van der Waals surface area contributed by atoms with Gasteiger partial charge in [0.15, 0.2) is 0 Å². The highest BCUT2D eigenvalue weighted by Crippen LogP contribution is 2.30. The fourth-order valence-corrected chi connectivity index (χ4v) is 2.95. The first-order valence-electron chi connectivity index (χ1n) is 5.53. The van der Waals surface area contributed by atoms with Gasteiger partial charge in [0.2, 0.25) is 10.0 Å². The number of carbonyl (C=O) groups is 1. The van der Waals surface area contributed by atoms with Crippen LogP contribution in [0.1, 0.15) is 24.2 Å². The van der Waals surface area contributed by atoms with E-state index in [-0.39, 0.29) is 26.4 Å². The van der Waals surface area contributed by atoms with E-state index < -0.39 is 10.0 Å². The zero-order chi connectivity index (χ0) is 14.8. The number of nitrogens with zero attached hydrogens (tertiary/aromatic N) is 1. The van der Waals surface area contributed by atoms with E-state index in [1.54, 1.807) is 0 Å². The van der Waals surface area contributed by atoms with Crippen LogP contribution in [0, 0.1) is 0 Å². The third-order valence-corrected chi connectivity index (χ3v) is 4.45. The maximum Gasteiger partial charge on any atom is 0.253 e. The Hall–Kier alpha value is -0.820. The molecule has 0 saturated heterocycles. The molecule has 1 aromatic rings. The standard InChI is InChI=1S/C11H14Cl2N2O3S/c1-3-15(4-2)11(16)7-5-8(12)10(13)9(6-7)19(14,17)18/h5-6H,3-4H2,1-2H3,(H2,14,17,18). The van der Waals surface area contributed by atoms with E-state index in [1.807, 2.05) is 13.8 Å². The second kappa shape index (κ2) is 6.09. The summed E-state index contributed by atoms with van der Waals surface area (Å²) in [6.45, 7) is 4.64. The summed E-state index contributed by atoms with van der Waals surface area (Å²) in [4.78, 5) is 13.3. The van der Waals surface area contributed by atoms with Gasteiger partial charge in [0.25, 0.3) is 5.91 Å². The second-order valence-electron chi connectivity index (χ2n) is 3.79. The van der Waals surface area contributed by atoms with Gasteiger partial charge in [-0.25, -0.2) is 13.6 Å². The van der Waals surface area contributed by atoms with Gasteiger partial charge in [-0.3, -0.25) is 4.79 Å². The molecule has 2 N–H and O–H groups in total. The average Bonchev–Trinajstić information content (AvgIpc) is 2.32. The normalized spacial score (nSPS) is 11.4. The topological polar surface area (TPSA) is 80.5 Å². The van der Waals surface area contributed by atoms with Crippen LogP contribution in [0.5, 0.6) is 0 Å². The van der Waals surface area contributed by atoms with Crippen LogP contribution in [0.15, 0.2) is 17.0 Å². The van der Waals surface area contributed by atoms with E-state index in [1.165, 1.54) is 11.0 Å². The number of hydrogen-bond donors (Lipinski definition) is 1. The third kappa shape index (κ3) is 3.60. The molecule has 0 bridgehead atoms. The van der Waals surface area contributed by atoms with Gasteiger partial charge in [-0.2, -0.15) is 0 Å². The fourth-order valence-electron chi connectivity index (χ4n) is 1.59. The lowest BCUT2D eigenvalue weighted by Crippen LogP contribution is -2.30. The molecule has 0 radical (unpaired) electrons. The van der Waals surface area contributed by atoms with Gasteiger partial charge in [-0.15, -0.1) is 0 Å². The fraction of sp³-hybridized carbons (Fsp3) is 0.364. The predicted octanol–water partition coefficient (Wildman–Crippen LogP) is 2.12. The molecule has 0 saturated carbocycles. The Kier molecular flexibility index (Phi) is 5.20. The van der Waals surface area contributed by atoms with Gasteiger partial charge in [0.05, 0.1) is 10.0 Å². The van der Waals surface area contributed by atoms with E-state index >= 15 is 0 Å². The average molecular weight is 325 g/mol. The highest BCUT2D eigenvalue weighted by atomic mass is 35.5. The molecule has 1 amide bonds. The van der Waals surface area contributed by atoms with Crippen LogP contribution in [0.4, 0.5) is 0 Å². The Morgan fingerprint density at radius 1 is 1.26 bits per heavy atom. The zero-order valence-corrected chi connectivity index (χ0v) is 12.8. The maximum absolute atomic E-state index is 12.1. The van der Waals surface area contributed by atoms with Crippen molar-refractivity contribution in [2.45, 2.75) is 18.7 Å². The van der Waals surface area contributed by atoms with E-state index in [0.29, 0.717) is 13.1 Å². The summed E-state index contributed by atoms with van der Waals surface area (Å²) in [6.07, 6.45) is 0. The molecule has 1 aromatic carbocycles. The highest BCUT2D eigenvalue weighted by Gasteiger charge is 2.21. The van der Waals surface area contributed by atoms with Crippen LogP contribution >= 0.6 is 23.2 Å². The summed E-state index contributed by atoms with van der Waals surface area (Å²) in [5, 5.41) is 4.84. The molecule has 0 aromatic heterocycles. The summed E-state index contributed by atoms with van der Waals surface area (Å²) < 4.78 is 22.8. The Morgan fingerprint density at radius 3 is 2.21 bits per heavy atom. The van der Waals surface area contributed by atoms with Crippen LogP contribution in [0.3, 0.4) is 0 Å². The number of nitrogens with two attached hydrogens (primary N) is 1. The van der Waals surface area contributed by atoms with Gasteiger partial charge in [0, 0.05) is 18.7 Å². The van der Waals surface area contributed by atoms with E-state index in [2.05, 4.69) is 0 Å². The van der Waals surface area contributed by atoms with Crippen LogP contribution in [-0.2, 0) is 10.0 Å². The molecule has 0 aliphatic carbocycles. The summed E-state index contributed by atoms with van der Waals surface area (Å²) in [7, 11) is -4.04. The zero-order valence-electron chi connectivity index (χ0n) is 10.5. The number of benzene rings is 1.